The monoisotopic (exact) mass is 227 g/mol. The van der Waals surface area contributed by atoms with E-state index in [4.69, 9.17) is 5.26 Å². The van der Waals surface area contributed by atoms with Crippen molar-refractivity contribution in [2.45, 2.75) is 26.4 Å². The minimum Gasteiger partial charge on any atom is -0.333 e. The van der Waals surface area contributed by atoms with Gasteiger partial charge in [0.15, 0.2) is 0 Å². The molecule has 0 spiro atoms. The van der Waals surface area contributed by atoms with Gasteiger partial charge in [-0.2, -0.15) is 5.26 Å². The molecular formula is C14H17N3. The molecule has 3 nitrogen and oxygen atoms in total. The number of nitriles is 1. The lowest BCUT2D eigenvalue weighted by molar-refractivity contribution is 0.675. The highest BCUT2D eigenvalue weighted by Gasteiger charge is 2.05. The Morgan fingerprint density at radius 2 is 2.24 bits per heavy atom. The highest BCUT2D eigenvalue weighted by atomic mass is 15.0. The van der Waals surface area contributed by atoms with Crippen LogP contribution < -0.4 is 5.32 Å². The molecule has 0 amide bonds. The highest BCUT2D eigenvalue weighted by Crippen LogP contribution is 2.20. The van der Waals surface area contributed by atoms with E-state index in [1.54, 1.807) is 0 Å². The molecule has 0 aliphatic rings. The van der Waals surface area contributed by atoms with Crippen molar-refractivity contribution in [1.29, 1.82) is 5.26 Å². The number of hydrogen-bond donors (Lipinski definition) is 1. The average molecular weight is 227 g/mol. The van der Waals surface area contributed by atoms with Crippen LogP contribution in [-0.2, 0) is 13.1 Å². The Labute approximate surface area is 102 Å². The molecule has 1 aromatic heterocycles. The van der Waals surface area contributed by atoms with Crippen molar-refractivity contribution in [3.63, 3.8) is 0 Å². The van der Waals surface area contributed by atoms with Gasteiger partial charge in [-0.3, -0.25) is 0 Å². The van der Waals surface area contributed by atoms with E-state index in [0.29, 0.717) is 6.54 Å². The Morgan fingerprint density at radius 3 is 3.00 bits per heavy atom. The van der Waals surface area contributed by atoms with E-state index < -0.39 is 0 Å². The second-order valence-electron chi connectivity index (χ2n) is 4.13. The number of fused-ring (bicyclic) bond motifs is 1. The van der Waals surface area contributed by atoms with Gasteiger partial charge in [0.25, 0.3) is 0 Å². The molecule has 2 aromatic rings. The van der Waals surface area contributed by atoms with Gasteiger partial charge in [0.05, 0.1) is 11.6 Å². The fourth-order valence-electron chi connectivity index (χ4n) is 2.09. The van der Waals surface area contributed by atoms with Crippen molar-refractivity contribution in [3.05, 3.63) is 36.0 Å². The molecule has 17 heavy (non-hydrogen) atoms. The summed E-state index contributed by atoms with van der Waals surface area (Å²) in [6.45, 7) is 4.45. The SMILES string of the molecule is CCCNCc1cccc2ccn(CC#N)c12. The first-order valence-electron chi connectivity index (χ1n) is 6.01. The molecule has 0 bridgehead atoms. The zero-order valence-electron chi connectivity index (χ0n) is 10.1. The highest BCUT2D eigenvalue weighted by molar-refractivity contribution is 5.83. The van der Waals surface area contributed by atoms with Crippen molar-refractivity contribution >= 4 is 10.9 Å². The van der Waals surface area contributed by atoms with E-state index in [2.05, 4.69) is 42.6 Å². The lowest BCUT2D eigenvalue weighted by Crippen LogP contribution is -2.14. The summed E-state index contributed by atoms with van der Waals surface area (Å²) in [5, 5.41) is 13.4. The minimum atomic E-state index is 0.411. The van der Waals surface area contributed by atoms with Crippen molar-refractivity contribution in [3.8, 4) is 6.07 Å². The van der Waals surface area contributed by atoms with Crippen LogP contribution in [0.15, 0.2) is 30.5 Å². The Kier molecular flexibility index (Phi) is 3.79. The topological polar surface area (TPSA) is 40.8 Å². The second-order valence-corrected chi connectivity index (χ2v) is 4.13. The number of nitrogens with zero attached hydrogens (tertiary/aromatic N) is 2. The quantitative estimate of drug-likeness (QED) is 0.798. The van der Waals surface area contributed by atoms with Gasteiger partial charge in [0, 0.05) is 12.7 Å². The maximum atomic E-state index is 8.82. The fraction of sp³-hybridized carbons (Fsp3) is 0.357. The number of hydrogen-bond acceptors (Lipinski definition) is 2. The van der Waals surface area contributed by atoms with E-state index in [1.165, 1.54) is 16.5 Å². The largest absolute Gasteiger partial charge is 0.333 e. The van der Waals surface area contributed by atoms with Gasteiger partial charge in [-0.15, -0.1) is 0 Å². The van der Waals surface area contributed by atoms with E-state index in [0.717, 1.165) is 19.5 Å². The molecule has 1 heterocycles. The number of aromatic nitrogens is 1. The van der Waals surface area contributed by atoms with Crippen molar-refractivity contribution in [2.75, 3.05) is 6.54 Å². The summed E-state index contributed by atoms with van der Waals surface area (Å²) < 4.78 is 2.01. The molecule has 0 saturated carbocycles. The molecule has 0 radical (unpaired) electrons. The Balaban J connectivity index is 2.33. The summed E-state index contributed by atoms with van der Waals surface area (Å²) in [7, 11) is 0. The molecule has 0 saturated heterocycles. The number of rotatable bonds is 5. The normalized spacial score (nSPS) is 10.6. The molecule has 2 rings (SSSR count). The Bertz CT molecular complexity index is 534. The fourth-order valence-corrected chi connectivity index (χ4v) is 2.09. The zero-order chi connectivity index (χ0) is 12.1. The molecular weight excluding hydrogens is 210 g/mol. The third-order valence-electron chi connectivity index (χ3n) is 2.86. The summed E-state index contributed by atoms with van der Waals surface area (Å²) in [5.41, 5.74) is 2.44. The molecule has 0 aliphatic heterocycles. The Hall–Kier alpha value is -1.79. The van der Waals surface area contributed by atoms with Gasteiger partial charge >= 0.3 is 0 Å². The van der Waals surface area contributed by atoms with Gasteiger partial charge in [-0.05, 0) is 30.0 Å². The second kappa shape index (κ2) is 5.51. The summed E-state index contributed by atoms with van der Waals surface area (Å²) in [5.74, 6) is 0. The van der Waals surface area contributed by atoms with Crippen LogP contribution in [0.1, 0.15) is 18.9 Å². The molecule has 1 aromatic carbocycles. The Morgan fingerprint density at radius 1 is 1.35 bits per heavy atom. The van der Waals surface area contributed by atoms with E-state index >= 15 is 0 Å². The minimum absolute atomic E-state index is 0.411. The lowest BCUT2D eigenvalue weighted by atomic mass is 10.1. The average Bonchev–Trinajstić information content (AvgIpc) is 2.75. The predicted octanol–water partition coefficient (Wildman–Crippen LogP) is 2.66. The van der Waals surface area contributed by atoms with Gasteiger partial charge in [0.1, 0.15) is 6.54 Å². The van der Waals surface area contributed by atoms with E-state index in [-0.39, 0.29) is 0 Å². The van der Waals surface area contributed by atoms with Crippen LogP contribution in [0.25, 0.3) is 10.9 Å². The molecule has 1 N–H and O–H groups in total. The lowest BCUT2D eigenvalue weighted by Gasteiger charge is -2.08. The van der Waals surface area contributed by atoms with E-state index in [1.807, 2.05) is 10.8 Å². The van der Waals surface area contributed by atoms with Gasteiger partial charge in [0.2, 0.25) is 0 Å². The first kappa shape index (κ1) is 11.7. The van der Waals surface area contributed by atoms with Crippen LogP contribution in [0, 0.1) is 11.3 Å². The molecule has 0 unspecified atom stereocenters. The maximum Gasteiger partial charge on any atom is 0.110 e. The van der Waals surface area contributed by atoms with Gasteiger partial charge in [-0.25, -0.2) is 0 Å². The molecule has 0 aliphatic carbocycles. The molecule has 3 heteroatoms. The smallest absolute Gasteiger partial charge is 0.110 e. The summed E-state index contributed by atoms with van der Waals surface area (Å²) >= 11 is 0. The first-order chi connectivity index (χ1) is 8.36. The van der Waals surface area contributed by atoms with Crippen LogP contribution in [0.4, 0.5) is 0 Å². The zero-order valence-corrected chi connectivity index (χ0v) is 10.1. The van der Waals surface area contributed by atoms with Crippen LogP contribution in [0.3, 0.4) is 0 Å². The standard InChI is InChI=1S/C14H17N3/c1-2-8-16-11-13-5-3-4-12-6-9-17(10-7-15)14(12)13/h3-6,9,16H,2,8,10-11H2,1H3. The number of benzene rings is 1. The summed E-state index contributed by atoms with van der Waals surface area (Å²) in [4.78, 5) is 0. The number of para-hydroxylation sites is 1. The van der Waals surface area contributed by atoms with Gasteiger partial charge in [-0.1, -0.05) is 25.1 Å². The predicted molar refractivity (Wildman–Crippen MR) is 69.5 cm³/mol. The third kappa shape index (κ3) is 2.48. The van der Waals surface area contributed by atoms with Crippen LogP contribution in [0.5, 0.6) is 0 Å². The maximum absolute atomic E-state index is 8.82. The van der Waals surface area contributed by atoms with Crippen LogP contribution >= 0.6 is 0 Å². The van der Waals surface area contributed by atoms with Crippen molar-refractivity contribution in [1.82, 2.24) is 9.88 Å². The van der Waals surface area contributed by atoms with Crippen molar-refractivity contribution < 1.29 is 0 Å². The molecule has 0 fully saturated rings. The van der Waals surface area contributed by atoms with Crippen molar-refractivity contribution in [2.24, 2.45) is 0 Å². The summed E-state index contributed by atoms with van der Waals surface area (Å²) in [6, 6.07) is 10.5. The third-order valence-corrected chi connectivity index (χ3v) is 2.86. The summed E-state index contributed by atoms with van der Waals surface area (Å²) in [6.07, 6.45) is 3.12. The molecule has 88 valence electrons. The number of nitrogens with one attached hydrogen (secondary N) is 1. The van der Waals surface area contributed by atoms with Crippen LogP contribution in [-0.4, -0.2) is 11.1 Å². The molecule has 0 atom stereocenters. The van der Waals surface area contributed by atoms with Gasteiger partial charge < -0.3 is 9.88 Å². The van der Waals surface area contributed by atoms with E-state index in [9.17, 15) is 0 Å². The first-order valence-corrected chi connectivity index (χ1v) is 6.01. The van der Waals surface area contributed by atoms with Crippen LogP contribution in [0.2, 0.25) is 0 Å².